The molecule has 1 N–H and O–H groups in total. The van der Waals surface area contributed by atoms with Crippen LogP contribution in [-0.2, 0) is 4.79 Å². The van der Waals surface area contributed by atoms with Gasteiger partial charge in [0.1, 0.15) is 12.3 Å². The zero-order valence-corrected chi connectivity index (χ0v) is 16.0. The highest BCUT2D eigenvalue weighted by atomic mass is 16.5. The van der Waals surface area contributed by atoms with Crippen molar-refractivity contribution in [3.8, 4) is 5.75 Å². The van der Waals surface area contributed by atoms with Crippen molar-refractivity contribution < 1.29 is 19.1 Å². The van der Waals surface area contributed by atoms with E-state index in [1.807, 2.05) is 31.2 Å². The number of benzene rings is 2. The molecule has 1 saturated heterocycles. The number of nitrogens with zero attached hydrogens (tertiary/aromatic N) is 2. The molecule has 0 aliphatic carbocycles. The number of ether oxygens (including phenoxy) is 1. The molecule has 2 aromatic rings. The van der Waals surface area contributed by atoms with Crippen LogP contribution in [0.2, 0.25) is 0 Å². The molecule has 2 aromatic carbocycles. The summed E-state index contributed by atoms with van der Waals surface area (Å²) >= 11 is 0. The van der Waals surface area contributed by atoms with Crippen molar-refractivity contribution >= 4 is 29.1 Å². The average molecular weight is 381 g/mol. The van der Waals surface area contributed by atoms with Gasteiger partial charge in [-0.05, 0) is 62.4 Å². The van der Waals surface area contributed by atoms with E-state index >= 15 is 0 Å². The third-order valence-electron chi connectivity index (χ3n) is 4.46. The maximum atomic E-state index is 12.6. The van der Waals surface area contributed by atoms with E-state index in [1.165, 1.54) is 11.8 Å². The van der Waals surface area contributed by atoms with Crippen LogP contribution in [0.1, 0.15) is 24.2 Å². The highest BCUT2D eigenvalue weighted by Crippen LogP contribution is 2.23. The summed E-state index contributed by atoms with van der Waals surface area (Å²) in [5.74, 6) is 0.442. The minimum Gasteiger partial charge on any atom is -0.494 e. The number of hydrogen-bond acceptors (Lipinski definition) is 4. The Morgan fingerprint density at radius 3 is 2.32 bits per heavy atom. The van der Waals surface area contributed by atoms with Gasteiger partial charge in [0.15, 0.2) is 5.78 Å². The minimum absolute atomic E-state index is 0.0270. The van der Waals surface area contributed by atoms with Gasteiger partial charge in [0.05, 0.1) is 6.61 Å². The molecule has 1 aliphatic rings. The van der Waals surface area contributed by atoms with E-state index in [9.17, 15) is 14.4 Å². The average Bonchev–Trinajstić information content (AvgIpc) is 3.03. The Bertz CT molecular complexity index is 862. The number of nitrogens with one attached hydrogen (secondary N) is 1. The summed E-state index contributed by atoms with van der Waals surface area (Å²) in [5.41, 5.74) is 1.94. The number of Topliss-reactive ketones (excluding diaryl/α,β-unsaturated/α-hetero) is 1. The molecule has 0 radical (unpaired) electrons. The number of carbonyl (C=O) groups excluding carboxylic acids is 3. The standard InChI is InChI=1S/C21H23N3O4/c1-3-28-19-10-8-18(9-11-19)24-13-12-23(21(24)27)14-20(26)22-17-6-4-16(5-7-17)15(2)25/h4-11H,3,12-14H2,1-2H3,(H,22,26). The van der Waals surface area contributed by atoms with Crippen molar-refractivity contribution in [1.29, 1.82) is 0 Å². The molecule has 146 valence electrons. The number of urea groups is 1. The number of carbonyl (C=O) groups is 3. The van der Waals surface area contributed by atoms with E-state index < -0.39 is 0 Å². The zero-order chi connectivity index (χ0) is 20.1. The summed E-state index contributed by atoms with van der Waals surface area (Å²) in [6.07, 6.45) is 0. The van der Waals surface area contributed by atoms with Crippen LogP contribution in [-0.4, -0.2) is 48.9 Å². The van der Waals surface area contributed by atoms with Gasteiger partial charge in [0, 0.05) is 30.0 Å². The van der Waals surface area contributed by atoms with Gasteiger partial charge in [0.25, 0.3) is 0 Å². The van der Waals surface area contributed by atoms with Crippen LogP contribution >= 0.6 is 0 Å². The summed E-state index contributed by atoms with van der Waals surface area (Å²) < 4.78 is 5.42. The lowest BCUT2D eigenvalue weighted by atomic mass is 10.1. The van der Waals surface area contributed by atoms with Gasteiger partial charge in [-0.15, -0.1) is 0 Å². The Balaban J connectivity index is 1.57. The van der Waals surface area contributed by atoms with E-state index in [0.29, 0.717) is 30.9 Å². The molecule has 0 saturated carbocycles. The predicted octanol–water partition coefficient (Wildman–Crippen LogP) is 3.17. The van der Waals surface area contributed by atoms with Crippen molar-refractivity contribution in [3.63, 3.8) is 0 Å². The van der Waals surface area contributed by atoms with Gasteiger partial charge in [-0.25, -0.2) is 4.79 Å². The van der Waals surface area contributed by atoms with Gasteiger partial charge >= 0.3 is 6.03 Å². The highest BCUT2D eigenvalue weighted by molar-refractivity contribution is 6.00. The van der Waals surface area contributed by atoms with Gasteiger partial charge in [0.2, 0.25) is 5.91 Å². The lowest BCUT2D eigenvalue weighted by Gasteiger charge is -2.18. The fraction of sp³-hybridized carbons (Fsp3) is 0.286. The first-order valence-electron chi connectivity index (χ1n) is 9.18. The van der Waals surface area contributed by atoms with Crippen LogP contribution in [0, 0.1) is 0 Å². The van der Waals surface area contributed by atoms with Crippen LogP contribution in [0.15, 0.2) is 48.5 Å². The second-order valence-electron chi connectivity index (χ2n) is 6.46. The number of amides is 3. The Morgan fingerprint density at radius 1 is 1.04 bits per heavy atom. The topological polar surface area (TPSA) is 79.0 Å². The second-order valence-corrected chi connectivity index (χ2v) is 6.46. The summed E-state index contributed by atoms with van der Waals surface area (Å²) in [4.78, 5) is 39.4. The molecule has 0 atom stereocenters. The van der Waals surface area contributed by atoms with E-state index in [2.05, 4.69) is 5.32 Å². The molecule has 1 aliphatic heterocycles. The first kappa shape index (κ1) is 19.4. The maximum Gasteiger partial charge on any atom is 0.325 e. The Morgan fingerprint density at radius 2 is 1.71 bits per heavy atom. The Kier molecular flexibility index (Phi) is 5.93. The van der Waals surface area contributed by atoms with Crippen LogP contribution < -0.4 is 15.0 Å². The fourth-order valence-electron chi connectivity index (χ4n) is 3.02. The van der Waals surface area contributed by atoms with E-state index in [4.69, 9.17) is 4.74 Å². The van der Waals surface area contributed by atoms with Crippen LogP contribution in [0.25, 0.3) is 0 Å². The zero-order valence-electron chi connectivity index (χ0n) is 16.0. The summed E-state index contributed by atoms with van der Waals surface area (Å²) in [6.45, 7) is 4.96. The van der Waals surface area contributed by atoms with Crippen molar-refractivity contribution in [2.75, 3.05) is 36.5 Å². The molecule has 1 heterocycles. The smallest absolute Gasteiger partial charge is 0.325 e. The summed E-state index contributed by atoms with van der Waals surface area (Å²) in [7, 11) is 0. The molecule has 3 amide bonds. The van der Waals surface area contributed by atoms with Gasteiger partial charge in [-0.2, -0.15) is 0 Å². The molecule has 1 fully saturated rings. The predicted molar refractivity (Wildman–Crippen MR) is 107 cm³/mol. The Labute approximate surface area is 163 Å². The molecule has 0 aromatic heterocycles. The molecule has 28 heavy (non-hydrogen) atoms. The number of ketones is 1. The highest BCUT2D eigenvalue weighted by Gasteiger charge is 2.30. The van der Waals surface area contributed by atoms with Crippen LogP contribution in [0.3, 0.4) is 0 Å². The van der Waals surface area contributed by atoms with E-state index in [-0.39, 0.29) is 24.3 Å². The molecule has 0 spiro atoms. The summed E-state index contributed by atoms with van der Waals surface area (Å²) in [5, 5.41) is 2.75. The van der Waals surface area contributed by atoms with Gasteiger partial charge < -0.3 is 15.0 Å². The maximum absolute atomic E-state index is 12.6. The molecular weight excluding hydrogens is 358 g/mol. The van der Waals surface area contributed by atoms with Crippen molar-refractivity contribution in [3.05, 3.63) is 54.1 Å². The molecule has 7 nitrogen and oxygen atoms in total. The van der Waals surface area contributed by atoms with Gasteiger partial charge in [-0.1, -0.05) is 0 Å². The normalized spacial score (nSPS) is 13.6. The molecule has 0 unspecified atom stereocenters. The van der Waals surface area contributed by atoms with E-state index in [1.54, 1.807) is 29.2 Å². The molecule has 0 bridgehead atoms. The first-order valence-corrected chi connectivity index (χ1v) is 9.18. The lowest BCUT2D eigenvalue weighted by Crippen LogP contribution is -2.37. The van der Waals surface area contributed by atoms with Crippen molar-refractivity contribution in [2.24, 2.45) is 0 Å². The monoisotopic (exact) mass is 381 g/mol. The quantitative estimate of drug-likeness (QED) is 0.747. The lowest BCUT2D eigenvalue weighted by molar-refractivity contribution is -0.116. The largest absolute Gasteiger partial charge is 0.494 e. The number of anilines is 2. The number of hydrogen-bond donors (Lipinski definition) is 1. The van der Waals surface area contributed by atoms with Crippen LogP contribution in [0.5, 0.6) is 5.75 Å². The molecule has 7 heteroatoms. The Hall–Kier alpha value is -3.35. The van der Waals surface area contributed by atoms with E-state index in [0.717, 1.165) is 11.4 Å². The molecule has 3 rings (SSSR count). The molecular formula is C21H23N3O4. The van der Waals surface area contributed by atoms with Crippen LogP contribution in [0.4, 0.5) is 16.2 Å². The van der Waals surface area contributed by atoms with Crippen molar-refractivity contribution in [2.45, 2.75) is 13.8 Å². The first-order chi connectivity index (χ1) is 13.5. The minimum atomic E-state index is -0.280. The second kappa shape index (κ2) is 8.56. The number of rotatable bonds is 7. The summed E-state index contributed by atoms with van der Waals surface area (Å²) in [6, 6.07) is 13.8. The third-order valence-corrected chi connectivity index (χ3v) is 4.46. The SMILES string of the molecule is CCOc1ccc(N2CCN(CC(=O)Nc3ccc(C(C)=O)cc3)C2=O)cc1. The van der Waals surface area contributed by atoms with Crippen molar-refractivity contribution in [1.82, 2.24) is 4.90 Å². The fourth-order valence-corrected chi connectivity index (χ4v) is 3.02. The van der Waals surface area contributed by atoms with Gasteiger partial charge in [-0.3, -0.25) is 14.5 Å². The third kappa shape index (κ3) is 4.49.